The Bertz CT molecular complexity index is 1320. The van der Waals surface area contributed by atoms with Crippen molar-refractivity contribution in [2.45, 2.75) is 76.0 Å². The normalized spacial score (nSPS) is 24.7. The molecule has 1 saturated heterocycles. The lowest BCUT2D eigenvalue weighted by Gasteiger charge is -2.48. The van der Waals surface area contributed by atoms with E-state index in [1.54, 1.807) is 11.0 Å². The van der Waals surface area contributed by atoms with Gasteiger partial charge in [0.05, 0.1) is 0 Å². The lowest BCUT2D eigenvalue weighted by atomic mass is 9.80. The molecule has 1 aromatic heterocycles. The first kappa shape index (κ1) is 24.9. The molecule has 3 aromatic rings. The smallest absolute Gasteiger partial charge is 0.350 e. The Morgan fingerprint density at radius 3 is 2.53 bits per heavy atom. The Morgan fingerprint density at radius 2 is 1.76 bits per heavy atom. The number of carbonyl (C=O) groups excluding carboxylic acids is 1. The zero-order valence-electron chi connectivity index (χ0n) is 22.0. The van der Waals surface area contributed by atoms with Gasteiger partial charge in [0, 0.05) is 48.9 Å². The Morgan fingerprint density at radius 1 is 1.00 bits per heavy atom. The number of amides is 2. The molecule has 2 aromatic carbocycles. The first-order valence-electron chi connectivity index (χ1n) is 13.9. The van der Waals surface area contributed by atoms with Gasteiger partial charge in [-0.05, 0) is 80.6 Å². The third kappa shape index (κ3) is 4.75. The van der Waals surface area contributed by atoms with Crippen molar-refractivity contribution in [2.75, 3.05) is 11.4 Å². The van der Waals surface area contributed by atoms with Crippen LogP contribution in [0.3, 0.4) is 0 Å². The van der Waals surface area contributed by atoms with Gasteiger partial charge in [0.15, 0.2) is 0 Å². The van der Waals surface area contributed by atoms with Crippen LogP contribution in [-0.2, 0) is 6.54 Å². The predicted molar refractivity (Wildman–Crippen MR) is 149 cm³/mol. The van der Waals surface area contributed by atoms with Crippen LogP contribution in [0, 0.1) is 5.82 Å². The third-order valence-corrected chi connectivity index (χ3v) is 8.55. The highest BCUT2D eigenvalue weighted by Crippen LogP contribution is 2.41. The number of carbonyl (C=O) groups is 1. The predicted octanol–water partition coefficient (Wildman–Crippen LogP) is 6.30. The second-order valence-corrected chi connectivity index (χ2v) is 11.1. The SMILES string of the molecule is CC1CC2(CCN1Cc1cccc(-n3cccc3)c1)C(NC1CCCCC1)=NC(=O)N2c1cccc(F)c1. The van der Waals surface area contributed by atoms with Crippen LogP contribution in [0.1, 0.15) is 57.4 Å². The second-order valence-electron chi connectivity index (χ2n) is 11.1. The fourth-order valence-electron chi connectivity index (χ4n) is 6.60. The van der Waals surface area contributed by atoms with Gasteiger partial charge in [-0.1, -0.05) is 37.5 Å². The van der Waals surface area contributed by atoms with E-state index in [4.69, 9.17) is 0 Å². The fraction of sp³-hybridized carbons (Fsp3) is 0.419. The molecule has 7 heteroatoms. The molecular weight excluding hydrogens is 477 g/mol. The highest BCUT2D eigenvalue weighted by Gasteiger charge is 2.53. The van der Waals surface area contributed by atoms with Crippen molar-refractivity contribution in [3.63, 3.8) is 0 Å². The summed E-state index contributed by atoms with van der Waals surface area (Å²) in [6, 6.07) is 19.4. The lowest BCUT2D eigenvalue weighted by Crippen LogP contribution is -2.63. The molecule has 3 aliphatic rings. The Kier molecular flexibility index (Phi) is 6.78. The number of hydrogen-bond donors (Lipinski definition) is 1. The van der Waals surface area contributed by atoms with Crippen LogP contribution in [0.5, 0.6) is 0 Å². The van der Waals surface area contributed by atoms with Crippen molar-refractivity contribution < 1.29 is 9.18 Å². The number of aromatic nitrogens is 1. The van der Waals surface area contributed by atoms with E-state index >= 15 is 0 Å². The molecule has 38 heavy (non-hydrogen) atoms. The number of amidine groups is 1. The quantitative estimate of drug-likeness (QED) is 0.436. The third-order valence-electron chi connectivity index (χ3n) is 8.55. The van der Waals surface area contributed by atoms with E-state index in [1.807, 2.05) is 18.2 Å². The molecule has 1 N–H and O–H groups in total. The number of halogens is 1. The van der Waals surface area contributed by atoms with Gasteiger partial charge in [-0.3, -0.25) is 9.80 Å². The number of likely N-dealkylation sites (tertiary alicyclic amines) is 1. The summed E-state index contributed by atoms with van der Waals surface area (Å²) in [6.07, 6.45) is 11.5. The summed E-state index contributed by atoms with van der Waals surface area (Å²) in [5.41, 5.74) is 2.40. The van der Waals surface area contributed by atoms with Crippen molar-refractivity contribution in [3.8, 4) is 5.69 Å². The minimum absolute atomic E-state index is 0.208. The van der Waals surface area contributed by atoms with Crippen LogP contribution in [0.4, 0.5) is 14.9 Å². The van der Waals surface area contributed by atoms with Gasteiger partial charge in [0.2, 0.25) is 0 Å². The molecule has 2 aliphatic heterocycles. The average Bonchev–Trinajstić information content (AvgIpc) is 3.54. The van der Waals surface area contributed by atoms with Crippen LogP contribution in [0.15, 0.2) is 78.0 Å². The van der Waals surface area contributed by atoms with Gasteiger partial charge in [-0.25, -0.2) is 9.18 Å². The number of aliphatic imine (C=N–C) groups is 1. The van der Waals surface area contributed by atoms with Crippen molar-refractivity contribution in [3.05, 3.63) is 84.4 Å². The molecule has 1 saturated carbocycles. The van der Waals surface area contributed by atoms with Crippen LogP contribution < -0.4 is 10.2 Å². The molecule has 0 bridgehead atoms. The van der Waals surface area contributed by atoms with Gasteiger partial charge < -0.3 is 9.88 Å². The summed E-state index contributed by atoms with van der Waals surface area (Å²) >= 11 is 0. The van der Waals surface area contributed by atoms with Crippen LogP contribution >= 0.6 is 0 Å². The first-order chi connectivity index (χ1) is 18.5. The summed E-state index contributed by atoms with van der Waals surface area (Å²) in [5, 5.41) is 3.70. The summed E-state index contributed by atoms with van der Waals surface area (Å²) in [4.78, 5) is 22.2. The monoisotopic (exact) mass is 513 g/mol. The number of anilines is 1. The van der Waals surface area contributed by atoms with E-state index in [9.17, 15) is 9.18 Å². The highest BCUT2D eigenvalue weighted by atomic mass is 19.1. The number of hydrogen-bond acceptors (Lipinski definition) is 3. The van der Waals surface area contributed by atoms with Gasteiger partial charge in [-0.15, -0.1) is 0 Å². The summed E-state index contributed by atoms with van der Waals surface area (Å²) < 4.78 is 16.4. The van der Waals surface area contributed by atoms with Crippen molar-refractivity contribution in [1.82, 2.24) is 14.8 Å². The van der Waals surface area contributed by atoms with Gasteiger partial charge in [0.25, 0.3) is 0 Å². The summed E-state index contributed by atoms with van der Waals surface area (Å²) in [5.74, 6) is 0.437. The van der Waals surface area contributed by atoms with E-state index in [1.165, 1.54) is 37.0 Å². The van der Waals surface area contributed by atoms with Crippen molar-refractivity contribution in [2.24, 2.45) is 4.99 Å². The van der Waals surface area contributed by atoms with E-state index in [0.29, 0.717) is 11.7 Å². The van der Waals surface area contributed by atoms with E-state index < -0.39 is 5.54 Å². The van der Waals surface area contributed by atoms with Crippen molar-refractivity contribution >= 4 is 17.6 Å². The summed E-state index contributed by atoms with van der Waals surface area (Å²) in [6.45, 7) is 3.89. The Labute approximate surface area is 224 Å². The number of nitrogens with one attached hydrogen (secondary N) is 1. The van der Waals surface area contributed by atoms with E-state index in [0.717, 1.165) is 50.3 Å². The van der Waals surface area contributed by atoms with E-state index in [-0.39, 0.29) is 17.9 Å². The average molecular weight is 514 g/mol. The highest BCUT2D eigenvalue weighted by molar-refractivity contribution is 6.16. The minimum Gasteiger partial charge on any atom is -0.369 e. The standard InChI is InChI=1S/C31H36FN5O/c1-23-21-31(15-18-36(23)22-24-9-7-13-27(19-24)35-16-5-6-17-35)29(33-26-11-3-2-4-12-26)34-30(38)37(31)28-14-8-10-25(32)20-28/h5-10,13-14,16-17,19-20,23,26H,2-4,11-12,15,18,21-22H2,1H3,(H,33,34,38). The molecule has 0 radical (unpaired) electrons. The molecule has 198 valence electrons. The summed E-state index contributed by atoms with van der Waals surface area (Å²) in [7, 11) is 0. The number of benzene rings is 2. The van der Waals surface area contributed by atoms with Crippen LogP contribution in [-0.4, -0.2) is 45.5 Å². The number of piperidine rings is 1. The maximum absolute atomic E-state index is 14.3. The molecular formula is C31H36FN5O. The Balaban J connectivity index is 1.26. The fourth-order valence-corrected chi connectivity index (χ4v) is 6.60. The molecule has 6 nitrogen and oxygen atoms in total. The minimum atomic E-state index is -0.592. The molecule has 1 spiro atoms. The van der Waals surface area contributed by atoms with Crippen LogP contribution in [0.25, 0.3) is 5.69 Å². The molecule has 2 amide bonds. The maximum atomic E-state index is 14.3. The van der Waals surface area contributed by atoms with Crippen molar-refractivity contribution in [1.29, 1.82) is 0 Å². The molecule has 2 atom stereocenters. The van der Waals surface area contributed by atoms with Gasteiger partial charge in [-0.2, -0.15) is 4.99 Å². The van der Waals surface area contributed by atoms with Gasteiger partial charge >= 0.3 is 6.03 Å². The molecule has 6 rings (SSSR count). The Hall–Kier alpha value is -3.45. The largest absolute Gasteiger partial charge is 0.369 e. The number of nitrogens with zero attached hydrogens (tertiary/aromatic N) is 4. The van der Waals surface area contributed by atoms with Gasteiger partial charge in [0.1, 0.15) is 17.2 Å². The molecule has 3 heterocycles. The lowest BCUT2D eigenvalue weighted by molar-refractivity contribution is 0.122. The number of urea groups is 1. The maximum Gasteiger partial charge on any atom is 0.350 e. The molecule has 2 unspecified atom stereocenters. The number of rotatable bonds is 5. The zero-order chi connectivity index (χ0) is 26.1. The second kappa shape index (κ2) is 10.4. The van der Waals surface area contributed by atoms with E-state index in [2.05, 4.69) is 63.4 Å². The molecule has 1 aliphatic carbocycles. The topological polar surface area (TPSA) is 52.9 Å². The molecule has 2 fully saturated rings. The first-order valence-corrected chi connectivity index (χ1v) is 13.9. The van der Waals surface area contributed by atoms with Crippen LogP contribution in [0.2, 0.25) is 0 Å². The zero-order valence-corrected chi connectivity index (χ0v) is 22.0.